The number of hydrogen-bond acceptors (Lipinski definition) is 3. The van der Waals surface area contributed by atoms with Crippen LogP contribution in [0, 0.1) is 0 Å². The lowest BCUT2D eigenvalue weighted by Gasteiger charge is -2.08. The summed E-state index contributed by atoms with van der Waals surface area (Å²) < 4.78 is 1.79. The highest BCUT2D eigenvalue weighted by molar-refractivity contribution is 6.30. The molecule has 0 aromatic carbocycles. The van der Waals surface area contributed by atoms with Crippen molar-refractivity contribution in [3.05, 3.63) is 29.2 Å². The van der Waals surface area contributed by atoms with Crippen molar-refractivity contribution in [2.24, 2.45) is 0 Å². The van der Waals surface area contributed by atoms with E-state index in [2.05, 4.69) is 15.4 Å². The molecular formula is C11H13ClN4. The summed E-state index contributed by atoms with van der Waals surface area (Å²) >= 11 is 5.93. The minimum absolute atomic E-state index is 0.160. The highest BCUT2D eigenvalue weighted by Gasteiger charge is 2.47. The zero-order valence-corrected chi connectivity index (χ0v) is 9.83. The Hall–Kier alpha value is -1.13. The van der Waals surface area contributed by atoms with Gasteiger partial charge in [0.15, 0.2) is 11.5 Å². The van der Waals surface area contributed by atoms with Gasteiger partial charge < -0.3 is 5.32 Å². The van der Waals surface area contributed by atoms with Gasteiger partial charge in [-0.05, 0) is 26.0 Å². The van der Waals surface area contributed by atoms with Gasteiger partial charge in [-0.15, -0.1) is 0 Å². The molecule has 0 saturated heterocycles. The molecule has 1 N–H and O–H groups in total. The summed E-state index contributed by atoms with van der Waals surface area (Å²) in [5, 5.41) is 8.42. The van der Waals surface area contributed by atoms with Gasteiger partial charge in [-0.2, -0.15) is 5.10 Å². The fraction of sp³-hybridized carbons (Fsp3) is 0.455. The average molecular weight is 237 g/mol. The molecular weight excluding hydrogens is 224 g/mol. The molecule has 2 aromatic heterocycles. The van der Waals surface area contributed by atoms with Crippen LogP contribution in [0.25, 0.3) is 5.65 Å². The summed E-state index contributed by atoms with van der Waals surface area (Å²) in [5.74, 6) is 0.934. The second-order valence-corrected chi connectivity index (χ2v) is 4.83. The molecule has 1 aliphatic carbocycles. The van der Waals surface area contributed by atoms with Crippen molar-refractivity contribution >= 4 is 17.2 Å². The van der Waals surface area contributed by atoms with E-state index in [0.29, 0.717) is 5.02 Å². The second kappa shape index (κ2) is 3.43. The molecule has 1 saturated carbocycles. The third-order valence-electron chi connectivity index (χ3n) is 3.14. The lowest BCUT2D eigenvalue weighted by atomic mass is 10.1. The van der Waals surface area contributed by atoms with Crippen LogP contribution in [0.3, 0.4) is 0 Å². The van der Waals surface area contributed by atoms with Crippen molar-refractivity contribution < 1.29 is 0 Å². The molecule has 4 nitrogen and oxygen atoms in total. The van der Waals surface area contributed by atoms with Crippen LogP contribution in [0.1, 0.15) is 18.7 Å². The molecule has 0 spiro atoms. The van der Waals surface area contributed by atoms with Crippen molar-refractivity contribution in [1.29, 1.82) is 0 Å². The maximum absolute atomic E-state index is 5.93. The lowest BCUT2D eigenvalue weighted by Crippen LogP contribution is -2.24. The molecule has 0 radical (unpaired) electrons. The Bertz CT molecular complexity index is 530. The van der Waals surface area contributed by atoms with Gasteiger partial charge in [0.25, 0.3) is 0 Å². The van der Waals surface area contributed by atoms with Crippen LogP contribution in [-0.2, 0) is 5.41 Å². The van der Waals surface area contributed by atoms with Gasteiger partial charge in [0.1, 0.15) is 0 Å². The standard InChI is InChI=1S/C11H13ClN4/c1-13-7-11(3-4-11)10-14-9-6-8(12)2-5-16(9)15-10/h2,5-6,13H,3-4,7H2,1H3. The normalized spacial score (nSPS) is 17.9. The first-order chi connectivity index (χ1) is 7.73. The molecule has 84 valence electrons. The molecule has 2 heterocycles. The van der Waals surface area contributed by atoms with Crippen molar-refractivity contribution in [2.45, 2.75) is 18.3 Å². The summed E-state index contributed by atoms with van der Waals surface area (Å²) in [7, 11) is 1.97. The van der Waals surface area contributed by atoms with E-state index in [4.69, 9.17) is 11.6 Å². The minimum atomic E-state index is 0.160. The first-order valence-corrected chi connectivity index (χ1v) is 5.78. The molecule has 0 atom stereocenters. The first-order valence-electron chi connectivity index (χ1n) is 5.41. The van der Waals surface area contributed by atoms with Crippen LogP contribution in [0.15, 0.2) is 18.3 Å². The number of pyridine rings is 1. The SMILES string of the molecule is CNCC1(c2nc3cc(Cl)ccn3n2)CC1. The van der Waals surface area contributed by atoms with E-state index >= 15 is 0 Å². The maximum atomic E-state index is 5.93. The van der Waals surface area contributed by atoms with E-state index in [-0.39, 0.29) is 5.41 Å². The van der Waals surface area contributed by atoms with E-state index in [0.717, 1.165) is 18.0 Å². The summed E-state index contributed by atoms with van der Waals surface area (Å²) in [6.45, 7) is 0.942. The van der Waals surface area contributed by atoms with Gasteiger partial charge >= 0.3 is 0 Å². The minimum Gasteiger partial charge on any atom is -0.319 e. The van der Waals surface area contributed by atoms with Crippen LogP contribution in [0.4, 0.5) is 0 Å². The Morgan fingerprint density at radius 3 is 3.06 bits per heavy atom. The summed E-state index contributed by atoms with van der Waals surface area (Å²) in [5.41, 5.74) is 0.984. The third kappa shape index (κ3) is 1.49. The van der Waals surface area contributed by atoms with Crippen LogP contribution in [0.5, 0.6) is 0 Å². The Labute approximate surface area is 98.6 Å². The highest BCUT2D eigenvalue weighted by atomic mass is 35.5. The number of hydrogen-bond donors (Lipinski definition) is 1. The van der Waals surface area contributed by atoms with E-state index in [1.54, 1.807) is 4.52 Å². The van der Waals surface area contributed by atoms with Gasteiger partial charge in [0, 0.05) is 29.2 Å². The average Bonchev–Trinajstić information content (AvgIpc) is 2.91. The molecule has 1 fully saturated rings. The molecule has 16 heavy (non-hydrogen) atoms. The number of rotatable bonds is 3. The zero-order valence-electron chi connectivity index (χ0n) is 9.07. The fourth-order valence-corrected chi connectivity index (χ4v) is 2.20. The predicted octanol–water partition coefficient (Wildman–Crippen LogP) is 1.63. The summed E-state index contributed by atoms with van der Waals surface area (Å²) in [6.07, 6.45) is 4.18. The third-order valence-corrected chi connectivity index (χ3v) is 3.38. The number of nitrogens with one attached hydrogen (secondary N) is 1. The predicted molar refractivity (Wildman–Crippen MR) is 62.8 cm³/mol. The Morgan fingerprint density at radius 1 is 1.56 bits per heavy atom. The van der Waals surface area contributed by atoms with Crippen molar-refractivity contribution in [1.82, 2.24) is 19.9 Å². The summed E-state index contributed by atoms with van der Waals surface area (Å²) in [4.78, 5) is 4.55. The van der Waals surface area contributed by atoms with Crippen molar-refractivity contribution in [3.63, 3.8) is 0 Å². The maximum Gasteiger partial charge on any atom is 0.159 e. The smallest absolute Gasteiger partial charge is 0.159 e. The lowest BCUT2D eigenvalue weighted by molar-refractivity contribution is 0.587. The monoisotopic (exact) mass is 236 g/mol. The molecule has 0 aliphatic heterocycles. The van der Waals surface area contributed by atoms with Gasteiger partial charge in [-0.3, -0.25) is 0 Å². The van der Waals surface area contributed by atoms with Gasteiger partial charge in [-0.1, -0.05) is 11.6 Å². The zero-order chi connectivity index (χ0) is 11.2. The number of nitrogens with zero attached hydrogens (tertiary/aromatic N) is 3. The molecule has 5 heteroatoms. The van der Waals surface area contributed by atoms with Crippen LogP contribution in [-0.4, -0.2) is 28.2 Å². The van der Waals surface area contributed by atoms with Crippen LogP contribution >= 0.6 is 11.6 Å². The fourth-order valence-electron chi connectivity index (χ4n) is 2.05. The molecule has 2 aromatic rings. The van der Waals surface area contributed by atoms with Crippen LogP contribution in [0.2, 0.25) is 5.02 Å². The number of fused-ring (bicyclic) bond motifs is 1. The topological polar surface area (TPSA) is 42.2 Å². The second-order valence-electron chi connectivity index (χ2n) is 4.39. The van der Waals surface area contributed by atoms with Crippen LogP contribution < -0.4 is 5.32 Å². The largest absolute Gasteiger partial charge is 0.319 e. The molecule has 1 aliphatic rings. The number of halogens is 1. The highest BCUT2D eigenvalue weighted by Crippen LogP contribution is 2.46. The first kappa shape index (κ1) is 10.1. The van der Waals surface area contributed by atoms with E-state index in [9.17, 15) is 0 Å². The summed E-state index contributed by atoms with van der Waals surface area (Å²) in [6, 6.07) is 3.66. The van der Waals surface area contributed by atoms with Gasteiger partial charge in [0.05, 0.1) is 0 Å². The molecule has 0 bridgehead atoms. The molecule has 0 amide bonds. The molecule has 3 rings (SSSR count). The number of likely N-dealkylation sites (N-methyl/N-ethyl adjacent to an activating group) is 1. The van der Waals surface area contributed by atoms with Crippen molar-refractivity contribution in [3.8, 4) is 0 Å². The van der Waals surface area contributed by atoms with Gasteiger partial charge in [0.2, 0.25) is 0 Å². The van der Waals surface area contributed by atoms with E-state index < -0.39 is 0 Å². The Balaban J connectivity index is 2.05. The van der Waals surface area contributed by atoms with Gasteiger partial charge in [-0.25, -0.2) is 9.50 Å². The molecule has 0 unspecified atom stereocenters. The number of aromatic nitrogens is 3. The van der Waals surface area contributed by atoms with E-state index in [1.165, 1.54) is 12.8 Å². The van der Waals surface area contributed by atoms with Crippen molar-refractivity contribution in [2.75, 3.05) is 13.6 Å². The Kier molecular flexibility index (Phi) is 2.16. The quantitative estimate of drug-likeness (QED) is 0.881. The Morgan fingerprint density at radius 2 is 2.38 bits per heavy atom. The van der Waals surface area contributed by atoms with E-state index in [1.807, 2.05) is 25.4 Å².